The molecule has 3 rings (SSSR count). The van der Waals surface area contributed by atoms with Crippen molar-refractivity contribution in [2.75, 3.05) is 31.2 Å². The Morgan fingerprint density at radius 1 is 1.19 bits per heavy atom. The summed E-state index contributed by atoms with van der Waals surface area (Å²) in [6.07, 6.45) is 3.30. The van der Waals surface area contributed by atoms with Gasteiger partial charge in [0.25, 0.3) is 0 Å². The third-order valence-electron chi connectivity index (χ3n) is 4.69. The summed E-state index contributed by atoms with van der Waals surface area (Å²) in [6, 6.07) is 12.7. The van der Waals surface area contributed by atoms with Crippen molar-refractivity contribution in [1.29, 1.82) is 0 Å². The normalized spacial score (nSPS) is 15.7. The van der Waals surface area contributed by atoms with Crippen molar-refractivity contribution in [2.45, 2.75) is 19.9 Å². The molecule has 1 aliphatic heterocycles. The van der Waals surface area contributed by atoms with Gasteiger partial charge in [-0.1, -0.05) is 35.9 Å². The molecule has 27 heavy (non-hydrogen) atoms. The molecule has 1 aliphatic rings. The number of amides is 1. The number of nitrogens with one attached hydrogen (secondary N) is 1. The summed E-state index contributed by atoms with van der Waals surface area (Å²) in [7, 11) is 0. The Morgan fingerprint density at radius 2 is 1.89 bits per heavy atom. The number of anilines is 1. The van der Waals surface area contributed by atoms with Crippen LogP contribution in [0.3, 0.4) is 0 Å². The minimum Gasteiger partial charge on any atom is -0.378 e. The topological polar surface area (TPSA) is 41.6 Å². The molecule has 2 aromatic rings. The first-order chi connectivity index (χ1) is 13.0. The highest BCUT2D eigenvalue weighted by molar-refractivity contribution is 5.92. The molecule has 0 spiro atoms. The van der Waals surface area contributed by atoms with E-state index in [1.54, 1.807) is 12.1 Å². The first kappa shape index (κ1) is 19.1. The Balaban J connectivity index is 1.65. The minimum atomic E-state index is -0.251. The van der Waals surface area contributed by atoms with E-state index in [4.69, 9.17) is 4.74 Å². The molecule has 142 valence electrons. The number of hydrogen-bond acceptors (Lipinski definition) is 3. The highest BCUT2D eigenvalue weighted by Gasteiger charge is 2.17. The molecule has 1 fully saturated rings. The molecular weight excluding hydrogens is 343 g/mol. The van der Waals surface area contributed by atoms with Gasteiger partial charge in [0.05, 0.1) is 24.9 Å². The van der Waals surface area contributed by atoms with Crippen LogP contribution in [0.25, 0.3) is 6.08 Å². The van der Waals surface area contributed by atoms with E-state index in [2.05, 4.69) is 5.32 Å². The van der Waals surface area contributed by atoms with E-state index in [9.17, 15) is 9.18 Å². The van der Waals surface area contributed by atoms with Gasteiger partial charge in [0, 0.05) is 19.2 Å². The molecule has 0 saturated carbocycles. The zero-order chi connectivity index (χ0) is 19.2. The fourth-order valence-electron chi connectivity index (χ4n) is 3.04. The largest absolute Gasteiger partial charge is 0.378 e. The van der Waals surface area contributed by atoms with Crippen molar-refractivity contribution in [3.8, 4) is 0 Å². The van der Waals surface area contributed by atoms with Gasteiger partial charge in [0.2, 0.25) is 5.91 Å². The lowest BCUT2D eigenvalue weighted by atomic mass is 10.1. The second kappa shape index (κ2) is 8.82. The summed E-state index contributed by atoms with van der Waals surface area (Å²) in [5.74, 6) is -0.432. The number of hydrogen-bond donors (Lipinski definition) is 1. The van der Waals surface area contributed by atoms with Gasteiger partial charge in [0.1, 0.15) is 5.82 Å². The first-order valence-electron chi connectivity index (χ1n) is 9.20. The van der Waals surface area contributed by atoms with Gasteiger partial charge < -0.3 is 15.0 Å². The Bertz CT molecular complexity index is 812. The maximum atomic E-state index is 14.2. The highest BCUT2D eigenvalue weighted by Crippen LogP contribution is 2.25. The van der Waals surface area contributed by atoms with Crippen LogP contribution < -0.4 is 10.2 Å². The van der Waals surface area contributed by atoms with E-state index in [1.165, 1.54) is 17.7 Å². The first-order valence-corrected chi connectivity index (χ1v) is 9.20. The summed E-state index contributed by atoms with van der Waals surface area (Å²) in [6.45, 7) is 6.45. The monoisotopic (exact) mass is 368 g/mol. The molecule has 1 amide bonds. The molecule has 0 aliphatic carbocycles. The number of nitrogens with zero attached hydrogens (tertiary/aromatic N) is 1. The average Bonchev–Trinajstić information content (AvgIpc) is 2.68. The van der Waals surface area contributed by atoms with E-state index in [-0.39, 0.29) is 17.8 Å². The number of ether oxygens (including phenoxy) is 1. The predicted octanol–water partition coefficient (Wildman–Crippen LogP) is 3.86. The SMILES string of the molecule is Cc1ccc(/C=C/C(=O)NC(C)c2ccc(F)c(N3CCOCC3)c2)cc1. The molecule has 4 nitrogen and oxygen atoms in total. The summed E-state index contributed by atoms with van der Waals surface area (Å²) < 4.78 is 19.6. The van der Waals surface area contributed by atoms with Crippen LogP contribution in [0, 0.1) is 12.7 Å². The van der Waals surface area contributed by atoms with Crippen LogP contribution in [0.5, 0.6) is 0 Å². The number of rotatable bonds is 5. The molecular formula is C22H25FN2O2. The highest BCUT2D eigenvalue weighted by atomic mass is 19.1. The van der Waals surface area contributed by atoms with Crippen molar-refractivity contribution < 1.29 is 13.9 Å². The maximum Gasteiger partial charge on any atom is 0.244 e. The van der Waals surface area contributed by atoms with E-state index >= 15 is 0 Å². The second-order valence-corrected chi connectivity index (χ2v) is 6.78. The van der Waals surface area contributed by atoms with Gasteiger partial charge in [-0.25, -0.2) is 4.39 Å². The third kappa shape index (κ3) is 5.17. The fraction of sp³-hybridized carbons (Fsp3) is 0.318. The van der Waals surface area contributed by atoms with Gasteiger partial charge in [0.15, 0.2) is 0 Å². The van der Waals surface area contributed by atoms with Crippen molar-refractivity contribution in [3.63, 3.8) is 0 Å². The van der Waals surface area contributed by atoms with Gasteiger partial charge in [-0.2, -0.15) is 0 Å². The quantitative estimate of drug-likeness (QED) is 0.815. The molecule has 1 atom stereocenters. The molecule has 1 saturated heterocycles. The second-order valence-electron chi connectivity index (χ2n) is 6.78. The number of benzene rings is 2. The van der Waals surface area contributed by atoms with Gasteiger partial charge in [-0.15, -0.1) is 0 Å². The summed E-state index contributed by atoms with van der Waals surface area (Å²) in [4.78, 5) is 14.2. The number of aryl methyl sites for hydroxylation is 1. The molecule has 5 heteroatoms. The third-order valence-corrected chi connectivity index (χ3v) is 4.69. The summed E-state index contributed by atoms with van der Waals surface area (Å²) >= 11 is 0. The van der Waals surface area contributed by atoms with Gasteiger partial charge in [-0.3, -0.25) is 4.79 Å². The van der Waals surface area contributed by atoms with Gasteiger partial charge >= 0.3 is 0 Å². The van der Waals surface area contributed by atoms with Crippen LogP contribution in [-0.2, 0) is 9.53 Å². The van der Waals surface area contributed by atoms with Crippen molar-refractivity contribution in [2.24, 2.45) is 0 Å². The molecule has 0 aromatic heterocycles. The maximum absolute atomic E-state index is 14.2. The van der Waals surface area contributed by atoms with Crippen LogP contribution in [0.2, 0.25) is 0 Å². The van der Waals surface area contributed by atoms with Crippen molar-refractivity contribution >= 4 is 17.7 Å². The standard InChI is InChI=1S/C22H25FN2O2/c1-16-3-5-18(6-4-16)7-10-22(26)24-17(2)19-8-9-20(23)21(15-19)25-11-13-27-14-12-25/h3-10,15,17H,11-14H2,1-2H3,(H,24,26)/b10-7+. The van der Waals surface area contributed by atoms with Crippen LogP contribution in [0.1, 0.15) is 29.7 Å². The zero-order valence-electron chi connectivity index (χ0n) is 15.7. The lowest BCUT2D eigenvalue weighted by molar-refractivity contribution is -0.117. The van der Waals surface area contributed by atoms with Gasteiger partial charge in [-0.05, 0) is 43.2 Å². The molecule has 0 radical (unpaired) electrons. The molecule has 1 N–H and O–H groups in total. The summed E-state index contributed by atoms with van der Waals surface area (Å²) in [5.41, 5.74) is 3.58. The number of carbonyl (C=O) groups excluding carboxylic acids is 1. The van der Waals surface area contributed by atoms with Crippen LogP contribution in [-0.4, -0.2) is 32.2 Å². The zero-order valence-corrected chi connectivity index (χ0v) is 15.7. The predicted molar refractivity (Wildman–Crippen MR) is 106 cm³/mol. The van der Waals surface area contributed by atoms with Crippen molar-refractivity contribution in [3.05, 3.63) is 71.0 Å². The average molecular weight is 368 g/mol. The Hall–Kier alpha value is -2.66. The van der Waals surface area contributed by atoms with Crippen molar-refractivity contribution in [1.82, 2.24) is 5.32 Å². The van der Waals surface area contributed by atoms with E-state index in [1.807, 2.05) is 49.1 Å². The van der Waals surface area contributed by atoms with Crippen LogP contribution in [0.4, 0.5) is 10.1 Å². The lowest BCUT2D eigenvalue weighted by Crippen LogP contribution is -2.37. The molecule has 1 unspecified atom stereocenters. The van der Waals surface area contributed by atoms with E-state index in [0.29, 0.717) is 32.0 Å². The summed E-state index contributed by atoms with van der Waals surface area (Å²) in [5, 5.41) is 2.94. The lowest BCUT2D eigenvalue weighted by Gasteiger charge is -2.29. The number of halogens is 1. The molecule has 1 heterocycles. The van der Waals surface area contributed by atoms with E-state index < -0.39 is 0 Å². The Morgan fingerprint density at radius 3 is 2.59 bits per heavy atom. The Labute approximate surface area is 159 Å². The smallest absolute Gasteiger partial charge is 0.244 e. The Kier molecular flexibility index (Phi) is 6.24. The number of carbonyl (C=O) groups is 1. The van der Waals surface area contributed by atoms with Crippen LogP contribution in [0.15, 0.2) is 48.5 Å². The fourth-order valence-corrected chi connectivity index (χ4v) is 3.04. The van der Waals surface area contributed by atoms with E-state index in [0.717, 1.165) is 11.1 Å². The molecule has 2 aromatic carbocycles. The number of morpholine rings is 1. The van der Waals surface area contributed by atoms with Crippen LogP contribution >= 0.6 is 0 Å². The molecule has 0 bridgehead atoms. The minimum absolute atomic E-state index is 0.180.